The molecule has 0 fully saturated rings. The minimum absolute atomic E-state index is 0.151. The zero-order chi connectivity index (χ0) is 12.7. The fourth-order valence-corrected chi connectivity index (χ4v) is 1.72. The number of carbonyl (C=O) groups excluding carboxylic acids is 1. The molecule has 0 spiro atoms. The van der Waals surface area contributed by atoms with Crippen LogP contribution in [-0.4, -0.2) is 16.8 Å². The number of halogens is 1. The van der Waals surface area contributed by atoms with E-state index < -0.39 is 0 Å². The van der Waals surface area contributed by atoms with E-state index in [1.165, 1.54) is 0 Å². The van der Waals surface area contributed by atoms with Gasteiger partial charge in [0.1, 0.15) is 0 Å². The third kappa shape index (κ3) is 4.97. The first kappa shape index (κ1) is 13.7. The van der Waals surface area contributed by atoms with Gasteiger partial charge in [0.05, 0.1) is 5.75 Å². The van der Waals surface area contributed by atoms with Gasteiger partial charge in [-0.1, -0.05) is 41.6 Å². The van der Waals surface area contributed by atoms with Crippen LogP contribution in [0.5, 0.6) is 0 Å². The molecular weight excluding hydrogens is 260 g/mol. The highest BCUT2D eigenvalue weighted by Crippen LogP contribution is 2.14. The number of thioether (sulfide) groups is 1. The van der Waals surface area contributed by atoms with Crippen molar-refractivity contribution in [1.29, 1.82) is 0 Å². The second-order valence-electron chi connectivity index (χ2n) is 3.12. The monoisotopic (exact) mass is 272 g/mol. The van der Waals surface area contributed by atoms with Crippen molar-refractivity contribution >= 4 is 34.4 Å². The van der Waals surface area contributed by atoms with Crippen molar-refractivity contribution in [1.82, 2.24) is 5.32 Å². The zero-order valence-corrected chi connectivity index (χ0v) is 10.6. The number of carbonyl (C=O) groups is 1. The third-order valence-corrected chi connectivity index (χ3v) is 3.09. The molecule has 0 radical (unpaired) electrons. The van der Waals surface area contributed by atoms with Crippen LogP contribution in [0, 0.1) is 0 Å². The third-order valence-electron chi connectivity index (χ3n) is 1.91. The van der Waals surface area contributed by atoms with E-state index in [1.54, 1.807) is 6.07 Å². The first-order valence-electron chi connectivity index (χ1n) is 4.79. The maximum Gasteiger partial charge on any atom is 0.230 e. The maximum absolute atomic E-state index is 11.4. The summed E-state index contributed by atoms with van der Waals surface area (Å²) in [5.74, 6) is 4.96. The van der Waals surface area contributed by atoms with Crippen molar-refractivity contribution in [3.63, 3.8) is 0 Å². The Kier molecular flexibility index (Phi) is 5.65. The number of amides is 1. The predicted molar refractivity (Wildman–Crippen MR) is 71.6 cm³/mol. The Morgan fingerprint density at radius 1 is 1.47 bits per heavy atom. The van der Waals surface area contributed by atoms with Gasteiger partial charge >= 0.3 is 0 Å². The molecular formula is C10H13ClN4OS. The molecule has 0 saturated carbocycles. The standard InChI is InChI=1S/C10H13ClN4OS/c11-8-4-2-1-3-7(8)5-14-9(16)6-17-10(12)15-13/h1-4H,5-6,13H2,(H2,12,15)(H,14,16). The average Bonchev–Trinajstić information content (AvgIpc) is 2.35. The van der Waals surface area contributed by atoms with E-state index in [9.17, 15) is 4.79 Å². The summed E-state index contributed by atoms with van der Waals surface area (Å²) in [4.78, 5) is 11.4. The van der Waals surface area contributed by atoms with Gasteiger partial charge in [0.2, 0.25) is 5.91 Å². The van der Waals surface area contributed by atoms with Gasteiger partial charge in [-0.2, -0.15) is 5.10 Å². The van der Waals surface area contributed by atoms with E-state index in [0.717, 1.165) is 17.3 Å². The Balaban J connectivity index is 2.36. The van der Waals surface area contributed by atoms with Gasteiger partial charge in [0.25, 0.3) is 0 Å². The maximum atomic E-state index is 11.4. The molecule has 1 amide bonds. The van der Waals surface area contributed by atoms with Gasteiger partial charge < -0.3 is 16.9 Å². The molecule has 0 bridgehead atoms. The number of hydrogen-bond donors (Lipinski definition) is 3. The zero-order valence-electron chi connectivity index (χ0n) is 9.02. The van der Waals surface area contributed by atoms with Gasteiger partial charge in [0, 0.05) is 11.6 Å². The molecule has 5 nitrogen and oxygen atoms in total. The lowest BCUT2D eigenvalue weighted by Gasteiger charge is -2.06. The minimum Gasteiger partial charge on any atom is -0.377 e. The molecule has 1 aromatic carbocycles. The highest BCUT2D eigenvalue weighted by molar-refractivity contribution is 8.14. The largest absolute Gasteiger partial charge is 0.377 e. The number of rotatable bonds is 4. The summed E-state index contributed by atoms with van der Waals surface area (Å²) in [7, 11) is 0. The lowest BCUT2D eigenvalue weighted by Crippen LogP contribution is -2.26. The number of amidine groups is 1. The molecule has 0 aliphatic rings. The van der Waals surface area contributed by atoms with Crippen LogP contribution < -0.4 is 16.9 Å². The van der Waals surface area contributed by atoms with Crippen LogP contribution in [-0.2, 0) is 11.3 Å². The highest BCUT2D eigenvalue weighted by Gasteiger charge is 2.04. The Morgan fingerprint density at radius 3 is 2.82 bits per heavy atom. The molecule has 0 atom stereocenters. The summed E-state index contributed by atoms with van der Waals surface area (Å²) < 4.78 is 0. The van der Waals surface area contributed by atoms with E-state index in [-0.39, 0.29) is 16.8 Å². The number of nitrogens with zero attached hydrogens (tertiary/aromatic N) is 1. The van der Waals surface area contributed by atoms with Crippen molar-refractivity contribution in [2.24, 2.45) is 16.7 Å². The summed E-state index contributed by atoms with van der Waals surface area (Å²) in [6.07, 6.45) is 0. The highest BCUT2D eigenvalue weighted by atomic mass is 35.5. The van der Waals surface area contributed by atoms with Gasteiger partial charge in [-0.05, 0) is 11.6 Å². The smallest absolute Gasteiger partial charge is 0.230 e. The summed E-state index contributed by atoms with van der Waals surface area (Å²) in [5.41, 5.74) is 6.21. The summed E-state index contributed by atoms with van der Waals surface area (Å²) in [6.45, 7) is 0.388. The number of nitrogens with one attached hydrogen (secondary N) is 1. The predicted octanol–water partition coefficient (Wildman–Crippen LogP) is 0.878. The van der Waals surface area contributed by atoms with Crippen LogP contribution in [0.4, 0.5) is 0 Å². The van der Waals surface area contributed by atoms with E-state index in [2.05, 4.69) is 10.4 Å². The molecule has 0 aromatic heterocycles. The summed E-state index contributed by atoms with van der Waals surface area (Å²) >= 11 is 7.03. The molecule has 1 rings (SSSR count). The lowest BCUT2D eigenvalue weighted by atomic mass is 10.2. The van der Waals surface area contributed by atoms with Crippen LogP contribution in [0.15, 0.2) is 29.4 Å². The van der Waals surface area contributed by atoms with Gasteiger partial charge in [-0.25, -0.2) is 0 Å². The van der Waals surface area contributed by atoms with Crippen LogP contribution in [0.25, 0.3) is 0 Å². The molecule has 92 valence electrons. The molecule has 0 unspecified atom stereocenters. The van der Waals surface area contributed by atoms with E-state index >= 15 is 0 Å². The van der Waals surface area contributed by atoms with Crippen LogP contribution in [0.2, 0.25) is 5.02 Å². The fraction of sp³-hybridized carbons (Fsp3) is 0.200. The van der Waals surface area contributed by atoms with Crippen molar-refractivity contribution in [2.75, 3.05) is 5.75 Å². The Labute approximate surface area is 109 Å². The molecule has 0 aliphatic heterocycles. The molecule has 0 saturated heterocycles. The number of benzene rings is 1. The molecule has 0 aliphatic carbocycles. The van der Waals surface area contributed by atoms with Crippen LogP contribution in [0.3, 0.4) is 0 Å². The van der Waals surface area contributed by atoms with Crippen molar-refractivity contribution in [3.8, 4) is 0 Å². The lowest BCUT2D eigenvalue weighted by molar-refractivity contribution is -0.118. The summed E-state index contributed by atoms with van der Waals surface area (Å²) in [5, 5.41) is 6.78. The van der Waals surface area contributed by atoms with Gasteiger partial charge in [0.15, 0.2) is 5.17 Å². The normalized spacial score (nSPS) is 11.2. The number of nitrogens with two attached hydrogens (primary N) is 2. The van der Waals surface area contributed by atoms with E-state index in [4.69, 9.17) is 23.2 Å². The fourth-order valence-electron chi connectivity index (χ4n) is 1.06. The molecule has 7 heteroatoms. The van der Waals surface area contributed by atoms with Crippen LogP contribution in [0.1, 0.15) is 5.56 Å². The second-order valence-corrected chi connectivity index (χ2v) is 4.53. The topological polar surface area (TPSA) is 93.5 Å². The van der Waals surface area contributed by atoms with Gasteiger partial charge in [-0.15, -0.1) is 0 Å². The van der Waals surface area contributed by atoms with E-state index in [0.29, 0.717) is 11.6 Å². The molecule has 0 heterocycles. The Morgan fingerprint density at radius 2 is 2.18 bits per heavy atom. The minimum atomic E-state index is -0.151. The van der Waals surface area contributed by atoms with Crippen molar-refractivity contribution in [2.45, 2.75) is 6.54 Å². The SMILES string of the molecule is NN=C(N)SCC(=O)NCc1ccccc1Cl. The first-order chi connectivity index (χ1) is 8.13. The molecule has 1 aromatic rings. The van der Waals surface area contributed by atoms with E-state index in [1.807, 2.05) is 18.2 Å². The van der Waals surface area contributed by atoms with Crippen molar-refractivity contribution in [3.05, 3.63) is 34.9 Å². The molecule has 17 heavy (non-hydrogen) atoms. The Hall–Kier alpha value is -1.40. The van der Waals surface area contributed by atoms with Gasteiger partial charge in [-0.3, -0.25) is 4.79 Å². The number of hydrazone groups is 1. The quantitative estimate of drug-likeness (QED) is 0.328. The average molecular weight is 273 g/mol. The summed E-state index contributed by atoms with van der Waals surface area (Å²) in [6, 6.07) is 7.32. The van der Waals surface area contributed by atoms with Crippen molar-refractivity contribution < 1.29 is 4.79 Å². The molecule has 5 N–H and O–H groups in total. The number of hydrogen-bond acceptors (Lipinski definition) is 4. The van der Waals surface area contributed by atoms with Crippen LogP contribution >= 0.6 is 23.4 Å². The Bertz CT molecular complexity index is 425. The first-order valence-corrected chi connectivity index (χ1v) is 6.16. The second kappa shape index (κ2) is 7.03.